The zero-order valence-electron chi connectivity index (χ0n) is 14.1. The lowest BCUT2D eigenvalue weighted by Gasteiger charge is -2.10. The van der Waals surface area contributed by atoms with E-state index in [1.807, 2.05) is 60.9 Å². The summed E-state index contributed by atoms with van der Waals surface area (Å²) in [6.07, 6.45) is 1.97. The molecule has 0 bridgehead atoms. The molecule has 3 nitrogen and oxygen atoms in total. The predicted molar refractivity (Wildman–Crippen MR) is 102 cm³/mol. The van der Waals surface area contributed by atoms with Crippen LogP contribution in [0, 0.1) is 0 Å². The first-order valence-corrected chi connectivity index (χ1v) is 9.03. The number of ether oxygens (including phenoxy) is 2. The molecule has 0 amide bonds. The summed E-state index contributed by atoms with van der Waals surface area (Å²) in [5, 5.41) is 0. The van der Waals surface area contributed by atoms with Crippen LogP contribution in [0.2, 0.25) is 0 Å². The molecule has 0 aromatic heterocycles. The van der Waals surface area contributed by atoms with Crippen molar-refractivity contribution >= 4 is 17.7 Å². The fraction of sp³-hybridized carbons (Fsp3) is 0.0952. The Bertz CT molecular complexity index is 858. The van der Waals surface area contributed by atoms with Crippen molar-refractivity contribution in [1.29, 1.82) is 0 Å². The lowest BCUT2D eigenvalue weighted by atomic mass is 10.1. The van der Waals surface area contributed by atoms with Gasteiger partial charge in [-0.15, -0.1) is 11.8 Å². The van der Waals surface area contributed by atoms with Crippen LogP contribution in [0.25, 0.3) is 11.1 Å². The fourth-order valence-electron chi connectivity index (χ4n) is 2.48. The number of hydrogen-bond donors (Lipinski definition) is 0. The lowest BCUT2D eigenvalue weighted by Crippen LogP contribution is -2.10. The Morgan fingerprint density at radius 3 is 2.20 bits per heavy atom. The van der Waals surface area contributed by atoms with Crippen LogP contribution in [0.1, 0.15) is 10.4 Å². The molecule has 0 unspecified atom stereocenters. The maximum atomic E-state index is 12.4. The third-order valence-electron chi connectivity index (χ3n) is 3.80. The molecule has 0 N–H and O–H groups in total. The molecule has 0 fully saturated rings. The van der Waals surface area contributed by atoms with Gasteiger partial charge in [0.1, 0.15) is 17.1 Å². The molecule has 3 aromatic rings. The average Bonchev–Trinajstić information content (AvgIpc) is 2.68. The summed E-state index contributed by atoms with van der Waals surface area (Å²) in [4.78, 5) is 13.5. The summed E-state index contributed by atoms with van der Waals surface area (Å²) in [6, 6.07) is 23.0. The monoisotopic (exact) mass is 350 g/mol. The van der Waals surface area contributed by atoms with Crippen LogP contribution in [-0.2, 0) is 0 Å². The maximum Gasteiger partial charge on any atom is 0.347 e. The van der Waals surface area contributed by atoms with E-state index in [0.29, 0.717) is 17.1 Å². The van der Waals surface area contributed by atoms with E-state index in [2.05, 4.69) is 0 Å². The molecule has 0 aliphatic rings. The van der Waals surface area contributed by atoms with Crippen molar-refractivity contribution in [3.8, 4) is 22.6 Å². The summed E-state index contributed by atoms with van der Waals surface area (Å²) >= 11 is 1.59. The number of hydrogen-bond acceptors (Lipinski definition) is 4. The van der Waals surface area contributed by atoms with Crippen LogP contribution in [0.3, 0.4) is 0 Å². The van der Waals surface area contributed by atoms with E-state index in [0.717, 1.165) is 16.0 Å². The van der Waals surface area contributed by atoms with E-state index in [4.69, 9.17) is 9.47 Å². The Morgan fingerprint density at radius 2 is 1.56 bits per heavy atom. The summed E-state index contributed by atoms with van der Waals surface area (Å²) in [5.74, 6) is 0.579. The quantitative estimate of drug-likeness (QED) is 0.355. The van der Waals surface area contributed by atoms with Crippen molar-refractivity contribution in [2.75, 3.05) is 13.4 Å². The third-order valence-corrected chi connectivity index (χ3v) is 4.53. The molecule has 0 aliphatic carbocycles. The molecule has 0 saturated carbocycles. The van der Waals surface area contributed by atoms with Gasteiger partial charge >= 0.3 is 5.97 Å². The number of esters is 1. The van der Waals surface area contributed by atoms with Gasteiger partial charge in [0, 0.05) is 4.90 Å². The standard InChI is InChI=1S/C21H18O3S/c1-23-20-14-18(25-2)12-13-19(20)21(22)24-17-10-8-16(9-11-17)15-6-4-3-5-7-15/h3-14H,1-2H3. The van der Waals surface area contributed by atoms with Gasteiger partial charge in [-0.25, -0.2) is 4.79 Å². The summed E-state index contributed by atoms with van der Waals surface area (Å²) in [5.41, 5.74) is 2.60. The molecule has 0 spiro atoms. The molecule has 25 heavy (non-hydrogen) atoms. The van der Waals surface area contributed by atoms with Gasteiger partial charge in [-0.1, -0.05) is 42.5 Å². The highest BCUT2D eigenvalue weighted by atomic mass is 32.2. The van der Waals surface area contributed by atoms with Gasteiger partial charge in [0.15, 0.2) is 0 Å². The van der Waals surface area contributed by atoms with Crippen molar-refractivity contribution in [2.24, 2.45) is 0 Å². The fourth-order valence-corrected chi connectivity index (χ4v) is 2.90. The number of carbonyl (C=O) groups excluding carboxylic acids is 1. The molecular weight excluding hydrogens is 332 g/mol. The van der Waals surface area contributed by atoms with E-state index in [9.17, 15) is 4.79 Å². The molecule has 0 aliphatic heterocycles. The topological polar surface area (TPSA) is 35.5 Å². The van der Waals surface area contributed by atoms with Gasteiger partial charge in [-0.3, -0.25) is 0 Å². The highest BCUT2D eigenvalue weighted by molar-refractivity contribution is 7.98. The van der Waals surface area contributed by atoms with Crippen LogP contribution < -0.4 is 9.47 Å². The van der Waals surface area contributed by atoms with Gasteiger partial charge in [0.25, 0.3) is 0 Å². The molecule has 0 heterocycles. The van der Waals surface area contributed by atoms with Gasteiger partial charge in [0.05, 0.1) is 7.11 Å². The molecule has 0 saturated heterocycles. The normalized spacial score (nSPS) is 10.3. The zero-order valence-corrected chi connectivity index (χ0v) is 14.9. The Hall–Kier alpha value is -2.72. The summed E-state index contributed by atoms with van der Waals surface area (Å²) in [6.45, 7) is 0. The van der Waals surface area contributed by atoms with Crippen LogP contribution in [0.5, 0.6) is 11.5 Å². The van der Waals surface area contributed by atoms with Crippen LogP contribution in [0.4, 0.5) is 0 Å². The first-order valence-electron chi connectivity index (χ1n) is 7.81. The van der Waals surface area contributed by atoms with E-state index in [1.54, 1.807) is 37.1 Å². The number of methoxy groups -OCH3 is 1. The molecule has 3 rings (SSSR count). The lowest BCUT2D eigenvalue weighted by molar-refractivity contribution is 0.0731. The second-order valence-electron chi connectivity index (χ2n) is 5.35. The molecule has 4 heteroatoms. The van der Waals surface area contributed by atoms with E-state index >= 15 is 0 Å². The number of carbonyl (C=O) groups is 1. The Labute approximate surface area is 151 Å². The minimum absolute atomic E-state index is 0.410. The Kier molecular flexibility index (Phi) is 5.41. The van der Waals surface area contributed by atoms with Gasteiger partial charge in [-0.05, 0) is 47.7 Å². The molecule has 0 radical (unpaired) electrons. The third kappa shape index (κ3) is 4.03. The van der Waals surface area contributed by atoms with Crippen molar-refractivity contribution in [1.82, 2.24) is 0 Å². The number of thioether (sulfide) groups is 1. The molecule has 126 valence electrons. The van der Waals surface area contributed by atoms with Crippen molar-refractivity contribution in [2.45, 2.75) is 4.90 Å². The van der Waals surface area contributed by atoms with E-state index in [-0.39, 0.29) is 0 Å². The summed E-state index contributed by atoms with van der Waals surface area (Å²) in [7, 11) is 1.55. The molecular formula is C21H18O3S. The first kappa shape index (κ1) is 17.1. The minimum Gasteiger partial charge on any atom is -0.496 e. The van der Waals surface area contributed by atoms with Crippen molar-refractivity contribution < 1.29 is 14.3 Å². The summed E-state index contributed by atoms with van der Waals surface area (Å²) < 4.78 is 10.8. The van der Waals surface area contributed by atoms with Gasteiger partial charge < -0.3 is 9.47 Å². The number of rotatable bonds is 5. The van der Waals surface area contributed by atoms with Crippen LogP contribution in [0.15, 0.2) is 77.7 Å². The van der Waals surface area contributed by atoms with E-state index in [1.165, 1.54) is 0 Å². The molecule has 0 atom stereocenters. The van der Waals surface area contributed by atoms with Crippen molar-refractivity contribution in [3.05, 3.63) is 78.4 Å². The smallest absolute Gasteiger partial charge is 0.347 e. The van der Waals surface area contributed by atoms with Crippen LogP contribution in [-0.4, -0.2) is 19.3 Å². The second kappa shape index (κ2) is 7.90. The van der Waals surface area contributed by atoms with Crippen LogP contribution >= 0.6 is 11.8 Å². The minimum atomic E-state index is -0.433. The van der Waals surface area contributed by atoms with Gasteiger partial charge in [-0.2, -0.15) is 0 Å². The highest BCUT2D eigenvalue weighted by Gasteiger charge is 2.15. The Morgan fingerprint density at radius 1 is 0.880 bits per heavy atom. The second-order valence-corrected chi connectivity index (χ2v) is 6.23. The van der Waals surface area contributed by atoms with E-state index < -0.39 is 5.97 Å². The predicted octanol–water partition coefficient (Wildman–Crippen LogP) is 5.30. The zero-order chi connectivity index (χ0) is 17.6. The SMILES string of the molecule is COc1cc(SC)ccc1C(=O)Oc1ccc(-c2ccccc2)cc1. The average molecular weight is 350 g/mol. The number of benzene rings is 3. The maximum absolute atomic E-state index is 12.4. The van der Waals surface area contributed by atoms with Gasteiger partial charge in [0.2, 0.25) is 0 Å². The highest BCUT2D eigenvalue weighted by Crippen LogP contribution is 2.27. The Balaban J connectivity index is 1.77. The van der Waals surface area contributed by atoms with Crippen molar-refractivity contribution in [3.63, 3.8) is 0 Å². The molecule has 3 aromatic carbocycles. The largest absolute Gasteiger partial charge is 0.496 e. The first-order chi connectivity index (χ1) is 12.2.